The number of carbonyl (C=O) groups is 2. The van der Waals surface area contributed by atoms with E-state index in [1.807, 2.05) is 0 Å². The first-order chi connectivity index (χ1) is 11.6. The summed E-state index contributed by atoms with van der Waals surface area (Å²) >= 11 is 0. The Balaban J connectivity index is 2.09. The maximum absolute atomic E-state index is 13.8. The lowest BCUT2D eigenvalue weighted by atomic mass is 10.1. The van der Waals surface area contributed by atoms with Crippen LogP contribution in [0.1, 0.15) is 12.5 Å². The van der Waals surface area contributed by atoms with Crippen molar-refractivity contribution >= 4 is 33.0 Å². The summed E-state index contributed by atoms with van der Waals surface area (Å²) in [7, 11) is -3.50. The van der Waals surface area contributed by atoms with Crippen LogP contribution in [0.2, 0.25) is 0 Å². The van der Waals surface area contributed by atoms with Crippen LogP contribution in [0.5, 0.6) is 0 Å². The van der Waals surface area contributed by atoms with Crippen molar-refractivity contribution in [3.05, 3.63) is 53.8 Å². The molecule has 8 heteroatoms. The van der Waals surface area contributed by atoms with Crippen molar-refractivity contribution in [1.82, 2.24) is 0 Å². The van der Waals surface area contributed by atoms with Crippen LogP contribution in [0.15, 0.2) is 47.4 Å². The average molecular weight is 364 g/mol. The summed E-state index contributed by atoms with van der Waals surface area (Å²) in [6.07, 6.45) is 0.978. The molecule has 0 aliphatic carbocycles. The van der Waals surface area contributed by atoms with E-state index < -0.39 is 21.6 Å². The Morgan fingerprint density at radius 3 is 2.24 bits per heavy atom. The molecule has 6 nitrogen and oxygen atoms in total. The van der Waals surface area contributed by atoms with Gasteiger partial charge in [0, 0.05) is 18.9 Å². The third-order valence-corrected chi connectivity index (χ3v) is 4.39. The zero-order valence-corrected chi connectivity index (χ0v) is 14.5. The predicted octanol–water partition coefficient (Wildman–Crippen LogP) is 2.37. The second-order valence-corrected chi connectivity index (χ2v) is 7.53. The molecule has 0 spiro atoms. The molecule has 0 radical (unpaired) electrons. The van der Waals surface area contributed by atoms with E-state index in [0.717, 1.165) is 24.5 Å². The van der Waals surface area contributed by atoms with Gasteiger partial charge in [0.25, 0.3) is 0 Å². The molecule has 0 aliphatic heterocycles. The first kappa shape index (κ1) is 18.6. The monoisotopic (exact) mass is 364 g/mol. The minimum atomic E-state index is -3.50. The molecule has 0 aliphatic rings. The fourth-order valence-corrected chi connectivity index (χ4v) is 2.77. The Kier molecular flexibility index (Phi) is 5.53. The normalized spacial score (nSPS) is 11.0. The van der Waals surface area contributed by atoms with E-state index in [1.165, 1.54) is 6.92 Å². The van der Waals surface area contributed by atoms with E-state index in [9.17, 15) is 22.4 Å². The fourth-order valence-electron chi connectivity index (χ4n) is 2.12. The molecule has 2 aromatic carbocycles. The molecular formula is C17H17FN2O4S. The lowest BCUT2D eigenvalue weighted by Crippen LogP contribution is -2.16. The first-order valence-electron chi connectivity index (χ1n) is 7.31. The van der Waals surface area contributed by atoms with Crippen molar-refractivity contribution in [2.75, 3.05) is 16.9 Å². The molecule has 2 N–H and O–H groups in total. The Bertz CT molecular complexity index is 909. The standard InChI is InChI=1S/C17H17FN2O4S/c1-11(21)19-13-5-3-12(4-6-13)9-17(22)20-16-10-14(25(2,23)24)7-8-15(16)18/h3-8,10H,9H2,1-2H3,(H,19,21)(H,20,22). The van der Waals surface area contributed by atoms with E-state index in [2.05, 4.69) is 10.6 Å². The van der Waals surface area contributed by atoms with E-state index in [1.54, 1.807) is 24.3 Å². The topological polar surface area (TPSA) is 92.3 Å². The van der Waals surface area contributed by atoms with Crippen LogP contribution < -0.4 is 10.6 Å². The van der Waals surface area contributed by atoms with Crippen molar-refractivity contribution in [3.63, 3.8) is 0 Å². The van der Waals surface area contributed by atoms with Crippen LogP contribution in [0.25, 0.3) is 0 Å². The summed E-state index contributed by atoms with van der Waals surface area (Å²) in [6.45, 7) is 1.39. The number of amides is 2. The van der Waals surface area contributed by atoms with Crippen LogP contribution in [-0.4, -0.2) is 26.5 Å². The van der Waals surface area contributed by atoms with Gasteiger partial charge < -0.3 is 10.6 Å². The zero-order chi connectivity index (χ0) is 18.6. The van der Waals surface area contributed by atoms with Crippen molar-refractivity contribution in [3.8, 4) is 0 Å². The van der Waals surface area contributed by atoms with Crippen molar-refractivity contribution in [1.29, 1.82) is 0 Å². The lowest BCUT2D eigenvalue weighted by Gasteiger charge is -2.09. The number of hydrogen-bond donors (Lipinski definition) is 2. The second-order valence-electron chi connectivity index (χ2n) is 5.52. The number of nitrogens with one attached hydrogen (secondary N) is 2. The highest BCUT2D eigenvalue weighted by Gasteiger charge is 2.13. The predicted molar refractivity (Wildman–Crippen MR) is 92.6 cm³/mol. The second kappa shape index (κ2) is 7.43. The van der Waals surface area contributed by atoms with Crippen LogP contribution in [0.4, 0.5) is 15.8 Å². The quantitative estimate of drug-likeness (QED) is 0.797. The SMILES string of the molecule is CC(=O)Nc1ccc(CC(=O)Nc2cc(S(C)(=O)=O)ccc2F)cc1. The number of benzene rings is 2. The van der Waals surface area contributed by atoms with Gasteiger partial charge in [0.05, 0.1) is 17.0 Å². The van der Waals surface area contributed by atoms with Gasteiger partial charge in [0.2, 0.25) is 11.8 Å². The number of rotatable bonds is 5. The van der Waals surface area contributed by atoms with Crippen molar-refractivity contribution in [2.24, 2.45) is 0 Å². The van der Waals surface area contributed by atoms with E-state index in [-0.39, 0.29) is 22.9 Å². The Morgan fingerprint density at radius 2 is 1.68 bits per heavy atom. The summed E-state index contributed by atoms with van der Waals surface area (Å²) in [6, 6.07) is 9.84. The molecule has 2 aromatic rings. The van der Waals surface area contributed by atoms with Gasteiger partial charge in [-0.3, -0.25) is 9.59 Å². The van der Waals surface area contributed by atoms with Gasteiger partial charge >= 0.3 is 0 Å². The number of halogens is 1. The minimum absolute atomic E-state index is 0.0249. The maximum atomic E-state index is 13.8. The molecule has 0 unspecified atom stereocenters. The number of carbonyl (C=O) groups excluding carboxylic acids is 2. The highest BCUT2D eigenvalue weighted by Crippen LogP contribution is 2.20. The summed E-state index contributed by atoms with van der Waals surface area (Å²) in [5, 5.41) is 4.98. The van der Waals surface area contributed by atoms with Gasteiger partial charge in [0.1, 0.15) is 5.82 Å². The van der Waals surface area contributed by atoms with Gasteiger partial charge in [-0.2, -0.15) is 0 Å². The molecule has 0 aromatic heterocycles. The highest BCUT2D eigenvalue weighted by molar-refractivity contribution is 7.90. The molecule has 2 amide bonds. The first-order valence-corrected chi connectivity index (χ1v) is 9.20. The van der Waals surface area contributed by atoms with Crippen LogP contribution in [-0.2, 0) is 25.8 Å². The Hall–Kier alpha value is -2.74. The molecule has 25 heavy (non-hydrogen) atoms. The van der Waals surface area contributed by atoms with Crippen LogP contribution in [0.3, 0.4) is 0 Å². The summed E-state index contributed by atoms with van der Waals surface area (Å²) in [4.78, 5) is 22.9. The zero-order valence-electron chi connectivity index (χ0n) is 13.7. The third-order valence-electron chi connectivity index (χ3n) is 3.28. The number of anilines is 2. The van der Waals surface area contributed by atoms with E-state index >= 15 is 0 Å². The molecule has 0 heterocycles. The van der Waals surface area contributed by atoms with Gasteiger partial charge in [-0.05, 0) is 35.9 Å². The van der Waals surface area contributed by atoms with Gasteiger partial charge in [-0.25, -0.2) is 12.8 Å². The smallest absolute Gasteiger partial charge is 0.228 e. The maximum Gasteiger partial charge on any atom is 0.228 e. The largest absolute Gasteiger partial charge is 0.326 e. The molecule has 0 saturated carbocycles. The third kappa shape index (κ3) is 5.39. The van der Waals surface area contributed by atoms with E-state index in [4.69, 9.17) is 0 Å². The van der Waals surface area contributed by atoms with Crippen LogP contribution in [0, 0.1) is 5.82 Å². The number of hydrogen-bond acceptors (Lipinski definition) is 4. The number of sulfone groups is 1. The molecule has 0 fully saturated rings. The summed E-state index contributed by atoms with van der Waals surface area (Å²) in [5.41, 5.74) is 1.07. The minimum Gasteiger partial charge on any atom is -0.326 e. The lowest BCUT2D eigenvalue weighted by molar-refractivity contribution is -0.116. The summed E-state index contributed by atoms with van der Waals surface area (Å²) < 4.78 is 36.8. The molecule has 0 atom stereocenters. The fraction of sp³-hybridized carbons (Fsp3) is 0.176. The highest BCUT2D eigenvalue weighted by atomic mass is 32.2. The van der Waals surface area contributed by atoms with Gasteiger partial charge in [-0.15, -0.1) is 0 Å². The molecule has 0 bridgehead atoms. The molecule has 0 saturated heterocycles. The molecule has 2 rings (SSSR count). The molecular weight excluding hydrogens is 347 g/mol. The van der Waals surface area contributed by atoms with Gasteiger partial charge in [-0.1, -0.05) is 12.1 Å². The van der Waals surface area contributed by atoms with E-state index in [0.29, 0.717) is 11.3 Å². The van der Waals surface area contributed by atoms with Crippen molar-refractivity contribution < 1.29 is 22.4 Å². The summed E-state index contributed by atoms with van der Waals surface area (Å²) in [5.74, 6) is -1.41. The molecule has 132 valence electrons. The Morgan fingerprint density at radius 1 is 1.04 bits per heavy atom. The van der Waals surface area contributed by atoms with Crippen LogP contribution >= 0.6 is 0 Å². The van der Waals surface area contributed by atoms with Crippen molar-refractivity contribution in [2.45, 2.75) is 18.2 Å². The van der Waals surface area contributed by atoms with Gasteiger partial charge in [0.15, 0.2) is 9.84 Å². The Labute approximate surface area is 145 Å². The average Bonchev–Trinajstić information content (AvgIpc) is 2.50.